The van der Waals surface area contributed by atoms with E-state index >= 15 is 0 Å². The van der Waals surface area contributed by atoms with Crippen LogP contribution in [0.15, 0.2) is 309 Å². The second-order valence-corrected chi connectivity index (χ2v) is 35.4. The average molecular weight is 1420 g/mol. The van der Waals surface area contributed by atoms with Gasteiger partial charge in [0.15, 0.2) is 0 Å². The Morgan fingerprint density at radius 1 is 0.303 bits per heavy atom. The standard InChI is InChI=1S/C105H96BN3/c1-100(2,3)73-52-57-90(84(59-73)67-34-21-16-22-35-67)108-94-64-76(103(10,11)12)51-55-88(94)106-89-58-70(79-45-33-46-83-80-44-31-32-47-87(80)105(97(79)83,71-40-27-19-28-41-71)72-42-29-20-30-43-72)48-56-91(89)109(99-85(68-36-23-17-24-37-68)60-77(104(13,14)15)61-86(99)69-38-25-18-26-39-69)96-66-78(65-95(108)98(96)106)107-92-62-74(101(4,5)6)49-53-81(92)82-54-50-75(63-93(82)107)102(7,8)9/h16-66H,1-15H3/i19D,20D,27D,28D,29D,30D,40D,41D,42D,43D. The third-order valence-corrected chi connectivity index (χ3v) is 23.4. The highest BCUT2D eigenvalue weighted by Gasteiger charge is 2.50. The number of fused-ring (bicyclic) bond motifs is 10. The fraction of sp³-hybridized carbons (Fsp3) is 0.200. The number of rotatable bonds is 9. The summed E-state index contributed by atoms with van der Waals surface area (Å²) in [5.41, 5.74) is 23.4. The first-order valence-electron chi connectivity index (χ1n) is 43.4. The molecule has 0 saturated heterocycles. The Labute approximate surface area is 660 Å². The minimum atomic E-state index is -2.14. The molecule has 534 valence electrons. The summed E-state index contributed by atoms with van der Waals surface area (Å²) in [5.74, 6) is 0. The molecule has 14 aromatic carbocycles. The summed E-state index contributed by atoms with van der Waals surface area (Å²) in [5, 5.41) is 2.28. The van der Waals surface area contributed by atoms with Crippen LogP contribution in [0.1, 0.15) is 168 Å². The summed E-state index contributed by atoms with van der Waals surface area (Å²) < 4.78 is 99.5. The van der Waals surface area contributed by atoms with E-state index in [1.165, 1.54) is 16.7 Å². The van der Waals surface area contributed by atoms with Crippen LogP contribution in [0.3, 0.4) is 0 Å². The zero-order valence-electron chi connectivity index (χ0n) is 75.1. The van der Waals surface area contributed by atoms with Crippen molar-refractivity contribution in [3.63, 3.8) is 0 Å². The molecule has 18 rings (SSSR count). The Hall–Kier alpha value is -11.5. The maximum absolute atomic E-state index is 10.2. The highest BCUT2D eigenvalue weighted by Crippen LogP contribution is 2.60. The van der Waals surface area contributed by atoms with Crippen LogP contribution in [-0.4, -0.2) is 11.3 Å². The lowest BCUT2D eigenvalue weighted by Crippen LogP contribution is -2.61. The first kappa shape index (κ1) is 58.6. The van der Waals surface area contributed by atoms with Crippen LogP contribution < -0.4 is 26.2 Å². The first-order valence-corrected chi connectivity index (χ1v) is 38.4. The molecule has 0 N–H and O–H groups in total. The van der Waals surface area contributed by atoms with Crippen LogP contribution in [0.2, 0.25) is 0 Å². The number of hydrogen-bond donors (Lipinski definition) is 0. The summed E-state index contributed by atoms with van der Waals surface area (Å²) in [6.07, 6.45) is 0. The molecule has 0 atom stereocenters. The van der Waals surface area contributed by atoms with Gasteiger partial charge in [0.25, 0.3) is 6.71 Å². The molecule has 0 radical (unpaired) electrons. The second-order valence-electron chi connectivity index (χ2n) is 35.4. The number of anilines is 6. The van der Waals surface area contributed by atoms with Crippen molar-refractivity contribution in [3.8, 4) is 61.3 Å². The van der Waals surface area contributed by atoms with Gasteiger partial charge in [0, 0.05) is 50.2 Å². The predicted molar refractivity (Wildman–Crippen MR) is 467 cm³/mol. The van der Waals surface area contributed by atoms with Crippen LogP contribution in [0.5, 0.6) is 0 Å². The number of aromatic nitrogens is 1. The molecule has 0 saturated carbocycles. The Bertz CT molecular complexity index is 6510. The number of hydrogen-bond acceptors (Lipinski definition) is 2. The molecular formula is C105H96BN3. The van der Waals surface area contributed by atoms with Gasteiger partial charge in [0.1, 0.15) is 0 Å². The first-order chi connectivity index (χ1) is 56.4. The predicted octanol–water partition coefficient (Wildman–Crippen LogP) is 26.4. The Morgan fingerprint density at radius 3 is 1.28 bits per heavy atom. The molecule has 3 heterocycles. The third kappa shape index (κ3) is 11.3. The highest BCUT2D eigenvalue weighted by atomic mass is 15.2. The Morgan fingerprint density at radius 2 is 0.743 bits per heavy atom. The molecule has 0 spiro atoms. The quantitative estimate of drug-likeness (QED) is 0.133. The van der Waals surface area contributed by atoms with Gasteiger partial charge in [-0.1, -0.05) is 352 Å². The van der Waals surface area contributed by atoms with Gasteiger partial charge in [-0.15, -0.1) is 0 Å². The van der Waals surface area contributed by atoms with E-state index in [1.54, 1.807) is 0 Å². The molecule has 109 heavy (non-hydrogen) atoms. The van der Waals surface area contributed by atoms with Gasteiger partial charge in [-0.3, -0.25) is 0 Å². The van der Waals surface area contributed by atoms with Crippen LogP contribution in [0.25, 0.3) is 83.1 Å². The van der Waals surface area contributed by atoms with Gasteiger partial charge in [-0.2, -0.15) is 0 Å². The van der Waals surface area contributed by atoms with Crippen molar-refractivity contribution in [3.05, 3.63) is 359 Å². The van der Waals surface area contributed by atoms with E-state index in [0.717, 1.165) is 123 Å². The maximum Gasteiger partial charge on any atom is 0.252 e. The van der Waals surface area contributed by atoms with E-state index in [-0.39, 0.29) is 38.2 Å². The van der Waals surface area contributed by atoms with Crippen LogP contribution in [0.4, 0.5) is 34.1 Å². The van der Waals surface area contributed by atoms with Gasteiger partial charge in [0.2, 0.25) is 0 Å². The van der Waals surface area contributed by atoms with Crippen molar-refractivity contribution in [2.75, 3.05) is 9.80 Å². The molecule has 15 aromatic rings. The fourth-order valence-corrected chi connectivity index (χ4v) is 17.6. The summed E-state index contributed by atoms with van der Waals surface area (Å²) >= 11 is 0. The molecule has 1 aliphatic carbocycles. The van der Waals surface area contributed by atoms with Gasteiger partial charge in [-0.05, 0) is 193 Å². The fourth-order valence-electron chi connectivity index (χ4n) is 17.6. The van der Waals surface area contributed by atoms with Crippen molar-refractivity contribution in [2.24, 2.45) is 0 Å². The van der Waals surface area contributed by atoms with Crippen LogP contribution in [0, 0.1) is 0 Å². The largest absolute Gasteiger partial charge is 0.311 e. The second kappa shape index (κ2) is 25.3. The smallest absolute Gasteiger partial charge is 0.252 e. The summed E-state index contributed by atoms with van der Waals surface area (Å²) in [4.78, 5) is 5.14. The molecule has 0 amide bonds. The highest BCUT2D eigenvalue weighted by molar-refractivity contribution is 7.00. The van der Waals surface area contributed by atoms with Gasteiger partial charge >= 0.3 is 0 Å². The van der Waals surface area contributed by atoms with Gasteiger partial charge < -0.3 is 14.4 Å². The average Bonchev–Trinajstić information content (AvgIpc) is 1.67. The maximum atomic E-state index is 10.2. The summed E-state index contributed by atoms with van der Waals surface area (Å²) in [6, 6.07) is 84.5. The molecule has 3 nitrogen and oxygen atoms in total. The Balaban J connectivity index is 1.06. The van der Waals surface area contributed by atoms with Crippen LogP contribution >= 0.6 is 0 Å². The van der Waals surface area contributed by atoms with E-state index in [9.17, 15) is 11.0 Å². The molecule has 4 heteroatoms. The molecule has 2 aliphatic heterocycles. The van der Waals surface area contributed by atoms with Crippen LogP contribution in [-0.2, 0) is 32.5 Å². The van der Waals surface area contributed by atoms with Gasteiger partial charge in [-0.25, -0.2) is 0 Å². The molecule has 3 aliphatic rings. The van der Waals surface area contributed by atoms with E-state index in [4.69, 9.17) is 2.74 Å². The van der Waals surface area contributed by atoms with E-state index in [0.29, 0.717) is 33.4 Å². The zero-order valence-corrected chi connectivity index (χ0v) is 65.1. The number of benzene rings is 14. The van der Waals surface area contributed by atoms with Crippen molar-refractivity contribution in [2.45, 2.75) is 136 Å². The third-order valence-electron chi connectivity index (χ3n) is 23.4. The monoisotopic (exact) mass is 1420 g/mol. The number of nitrogens with zero attached hydrogens (tertiary/aromatic N) is 3. The molecular weight excluding hydrogens is 1310 g/mol. The topological polar surface area (TPSA) is 11.4 Å². The zero-order chi connectivity index (χ0) is 84.1. The van der Waals surface area contributed by atoms with Crippen molar-refractivity contribution in [1.82, 2.24) is 4.57 Å². The van der Waals surface area contributed by atoms with E-state index < -0.39 is 72.6 Å². The van der Waals surface area contributed by atoms with Crippen molar-refractivity contribution >= 4 is 79.0 Å². The lowest BCUT2D eigenvalue weighted by molar-refractivity contribution is 0.590. The SMILES string of the molecule is [2H]c1c([2H])c([2H])c(C2(c3c([2H])c([2H])c([2H])c([2H])c3[2H])c3ccccc3-c3cccc(-c4ccc5c(c4)B4c6ccc(C(C)(C)C)cc6N(c6ccc(C(C)(C)C)cc6-c6ccccc6)c6cc(-n7c8cc(C(C)(C)C)ccc8c8ccc(C(C)(C)C)cc87)cc(c64)N5c4c(-c5ccccc5)cc(C(C)(C)C)cc4-c4ccccc4)c32)c([2H])c1[2H]. The van der Waals surface area contributed by atoms with Crippen molar-refractivity contribution in [1.29, 1.82) is 0 Å². The van der Waals surface area contributed by atoms with E-state index in [1.807, 2.05) is 42.5 Å². The van der Waals surface area contributed by atoms with E-state index in [2.05, 4.69) is 324 Å². The summed E-state index contributed by atoms with van der Waals surface area (Å²) in [7, 11) is 0. The molecule has 0 bridgehead atoms. The molecule has 1 aromatic heterocycles. The summed E-state index contributed by atoms with van der Waals surface area (Å²) in [6.45, 7) is 33.7. The molecule has 0 fully saturated rings. The minimum absolute atomic E-state index is 0.217. The lowest BCUT2D eigenvalue weighted by atomic mass is 9.33. The van der Waals surface area contributed by atoms with Crippen molar-refractivity contribution < 1.29 is 13.7 Å². The lowest BCUT2D eigenvalue weighted by Gasteiger charge is -2.46. The minimum Gasteiger partial charge on any atom is -0.311 e. The normalized spacial score (nSPS) is 15.1. The molecule has 0 unspecified atom stereocenters. The van der Waals surface area contributed by atoms with Gasteiger partial charge in [0.05, 0.1) is 47.2 Å². The Kier molecular flexibility index (Phi) is 13.6.